The second-order valence-electron chi connectivity index (χ2n) is 6.25. The van der Waals surface area contributed by atoms with Crippen LogP contribution in [-0.4, -0.2) is 34.9 Å². The molecule has 5 nitrogen and oxygen atoms in total. The van der Waals surface area contributed by atoms with Crippen molar-refractivity contribution in [3.63, 3.8) is 0 Å². The fraction of sp³-hybridized carbons (Fsp3) is 0.389. The fourth-order valence-corrected chi connectivity index (χ4v) is 3.03. The van der Waals surface area contributed by atoms with E-state index < -0.39 is 6.04 Å². The van der Waals surface area contributed by atoms with Gasteiger partial charge >= 0.3 is 0 Å². The van der Waals surface area contributed by atoms with Gasteiger partial charge in [0.2, 0.25) is 5.91 Å². The van der Waals surface area contributed by atoms with Gasteiger partial charge in [0.05, 0.1) is 6.54 Å². The van der Waals surface area contributed by atoms with Crippen molar-refractivity contribution in [3.8, 4) is 0 Å². The van der Waals surface area contributed by atoms with E-state index in [9.17, 15) is 9.18 Å². The molecule has 0 saturated carbocycles. The number of hydrogen-bond acceptors (Lipinski definition) is 4. The minimum Gasteiger partial charge on any atom is -0.347 e. The molecule has 0 bridgehead atoms. The Hall–Kier alpha value is -2.34. The highest BCUT2D eigenvalue weighted by Gasteiger charge is 2.23. The van der Waals surface area contributed by atoms with E-state index in [4.69, 9.17) is 0 Å². The second-order valence-corrected chi connectivity index (χ2v) is 6.25. The lowest BCUT2D eigenvalue weighted by molar-refractivity contribution is -0.126. The summed E-state index contributed by atoms with van der Waals surface area (Å²) in [6.45, 7) is 0.289. The number of carbonyl (C=O) groups excluding carboxylic acids is 1. The van der Waals surface area contributed by atoms with Crippen LogP contribution in [0.1, 0.15) is 35.1 Å². The van der Waals surface area contributed by atoms with E-state index in [0.29, 0.717) is 5.82 Å². The molecule has 1 aromatic carbocycles. The molecule has 6 heteroatoms. The van der Waals surface area contributed by atoms with Crippen LogP contribution in [0.15, 0.2) is 30.5 Å². The van der Waals surface area contributed by atoms with Crippen molar-refractivity contribution in [2.45, 2.75) is 31.8 Å². The van der Waals surface area contributed by atoms with Gasteiger partial charge in [-0.15, -0.1) is 0 Å². The van der Waals surface area contributed by atoms with Gasteiger partial charge in [0, 0.05) is 11.9 Å². The highest BCUT2D eigenvalue weighted by atomic mass is 19.1. The molecule has 1 unspecified atom stereocenters. The summed E-state index contributed by atoms with van der Waals surface area (Å²) < 4.78 is 13.1. The third-order valence-electron chi connectivity index (χ3n) is 4.24. The molecular weight excluding hydrogens is 307 g/mol. The number of nitrogens with one attached hydrogen (secondary N) is 1. The number of likely N-dealkylation sites (N-methyl/N-ethyl adjacent to an activating group) is 1. The van der Waals surface area contributed by atoms with E-state index in [1.165, 1.54) is 17.7 Å². The first-order chi connectivity index (χ1) is 11.5. The summed E-state index contributed by atoms with van der Waals surface area (Å²) in [5.74, 6) is 0.152. The molecule has 1 amide bonds. The monoisotopic (exact) mass is 328 g/mol. The third kappa shape index (κ3) is 3.59. The molecule has 0 spiro atoms. The molecule has 1 aliphatic rings. The number of aromatic nitrogens is 2. The number of amides is 1. The van der Waals surface area contributed by atoms with E-state index in [2.05, 4.69) is 15.3 Å². The summed E-state index contributed by atoms with van der Waals surface area (Å²) in [5, 5.41) is 2.89. The van der Waals surface area contributed by atoms with Gasteiger partial charge in [0.15, 0.2) is 0 Å². The number of fused-ring (bicyclic) bond motifs is 1. The Kier molecular flexibility index (Phi) is 4.85. The minimum absolute atomic E-state index is 0.157. The SMILES string of the molecule is CN(C)C(C(=O)NCc1ncc2c(n1)CCC2)c1ccc(F)cc1. The van der Waals surface area contributed by atoms with Gasteiger partial charge in [0.1, 0.15) is 17.7 Å². The predicted molar refractivity (Wildman–Crippen MR) is 88.7 cm³/mol. The average molecular weight is 328 g/mol. The van der Waals surface area contributed by atoms with Crippen LogP contribution in [0.3, 0.4) is 0 Å². The van der Waals surface area contributed by atoms with E-state index in [0.717, 1.165) is 30.5 Å². The molecular formula is C18H21FN4O. The first kappa shape index (κ1) is 16.5. The Morgan fingerprint density at radius 3 is 2.75 bits per heavy atom. The minimum atomic E-state index is -0.486. The number of hydrogen-bond donors (Lipinski definition) is 1. The average Bonchev–Trinajstić information content (AvgIpc) is 3.02. The van der Waals surface area contributed by atoms with Crippen LogP contribution in [0.4, 0.5) is 4.39 Å². The first-order valence-corrected chi connectivity index (χ1v) is 8.08. The number of rotatable bonds is 5. The number of aryl methyl sites for hydroxylation is 2. The Bertz CT molecular complexity index is 730. The van der Waals surface area contributed by atoms with Crippen LogP contribution in [0.5, 0.6) is 0 Å². The van der Waals surface area contributed by atoms with Crippen molar-refractivity contribution in [2.75, 3.05) is 14.1 Å². The van der Waals surface area contributed by atoms with Crippen molar-refractivity contribution in [1.82, 2.24) is 20.2 Å². The zero-order valence-corrected chi connectivity index (χ0v) is 13.9. The van der Waals surface area contributed by atoms with E-state index >= 15 is 0 Å². The normalized spacial score (nSPS) is 14.5. The summed E-state index contributed by atoms with van der Waals surface area (Å²) in [7, 11) is 3.64. The molecule has 0 radical (unpaired) electrons. The molecule has 24 heavy (non-hydrogen) atoms. The van der Waals surface area contributed by atoms with Crippen molar-refractivity contribution in [1.29, 1.82) is 0 Å². The number of benzene rings is 1. The molecule has 0 aliphatic heterocycles. The van der Waals surface area contributed by atoms with Crippen LogP contribution in [0.25, 0.3) is 0 Å². The van der Waals surface area contributed by atoms with Crippen LogP contribution < -0.4 is 5.32 Å². The van der Waals surface area contributed by atoms with Crippen molar-refractivity contribution >= 4 is 5.91 Å². The molecule has 1 atom stereocenters. The van der Waals surface area contributed by atoms with Gasteiger partial charge < -0.3 is 5.32 Å². The maximum atomic E-state index is 13.1. The summed E-state index contributed by atoms with van der Waals surface area (Å²) in [6.07, 6.45) is 5.00. The smallest absolute Gasteiger partial charge is 0.242 e. The van der Waals surface area contributed by atoms with Crippen LogP contribution >= 0.6 is 0 Å². The molecule has 3 rings (SSSR count). The number of carbonyl (C=O) groups is 1. The second kappa shape index (κ2) is 7.05. The van der Waals surface area contributed by atoms with Crippen molar-refractivity contribution < 1.29 is 9.18 Å². The molecule has 1 aromatic heterocycles. The fourth-order valence-electron chi connectivity index (χ4n) is 3.03. The number of halogens is 1. The zero-order chi connectivity index (χ0) is 17.1. The van der Waals surface area contributed by atoms with Crippen LogP contribution in [0.2, 0.25) is 0 Å². The lowest BCUT2D eigenvalue weighted by Crippen LogP contribution is -2.37. The van der Waals surface area contributed by atoms with Crippen molar-refractivity contribution in [3.05, 3.63) is 58.9 Å². The maximum absolute atomic E-state index is 13.1. The molecule has 2 aromatic rings. The molecule has 1 heterocycles. The van der Waals surface area contributed by atoms with Gasteiger partial charge in [-0.1, -0.05) is 12.1 Å². The van der Waals surface area contributed by atoms with Crippen molar-refractivity contribution in [2.24, 2.45) is 0 Å². The molecule has 0 fully saturated rings. The largest absolute Gasteiger partial charge is 0.347 e. The number of nitrogens with zero attached hydrogens (tertiary/aromatic N) is 3. The van der Waals surface area contributed by atoms with E-state index in [1.54, 1.807) is 17.0 Å². The lowest BCUT2D eigenvalue weighted by atomic mass is 10.1. The summed E-state index contributed by atoms with van der Waals surface area (Å²) in [5.41, 5.74) is 3.05. The third-order valence-corrected chi connectivity index (χ3v) is 4.24. The van der Waals surface area contributed by atoms with Gasteiger partial charge in [-0.2, -0.15) is 0 Å². The lowest BCUT2D eigenvalue weighted by Gasteiger charge is -2.23. The van der Waals surface area contributed by atoms with E-state index in [1.807, 2.05) is 20.3 Å². The molecule has 1 aliphatic carbocycles. The molecule has 1 N–H and O–H groups in total. The Balaban J connectivity index is 1.68. The summed E-state index contributed by atoms with van der Waals surface area (Å²) in [4.78, 5) is 23.2. The zero-order valence-electron chi connectivity index (χ0n) is 13.9. The van der Waals surface area contributed by atoms with E-state index in [-0.39, 0.29) is 18.3 Å². The highest BCUT2D eigenvalue weighted by molar-refractivity contribution is 5.83. The van der Waals surface area contributed by atoms with Gasteiger partial charge in [0.25, 0.3) is 0 Å². The first-order valence-electron chi connectivity index (χ1n) is 8.08. The standard InChI is InChI=1S/C18H21FN4O/c1-23(2)17(12-6-8-14(19)9-7-12)18(24)21-11-16-20-10-13-4-3-5-15(13)22-16/h6-10,17H,3-5,11H2,1-2H3,(H,21,24). The summed E-state index contributed by atoms with van der Waals surface area (Å²) in [6, 6.07) is 5.50. The highest BCUT2D eigenvalue weighted by Crippen LogP contribution is 2.20. The Morgan fingerprint density at radius 1 is 1.29 bits per heavy atom. The maximum Gasteiger partial charge on any atom is 0.242 e. The van der Waals surface area contributed by atoms with Crippen LogP contribution in [-0.2, 0) is 24.2 Å². The molecule has 0 saturated heterocycles. The van der Waals surface area contributed by atoms with Crippen LogP contribution in [0, 0.1) is 5.82 Å². The topological polar surface area (TPSA) is 58.1 Å². The van der Waals surface area contributed by atoms with Gasteiger partial charge in [-0.3, -0.25) is 9.69 Å². The Labute approximate surface area is 140 Å². The predicted octanol–water partition coefficient (Wildman–Crippen LogP) is 2.02. The molecule has 126 valence electrons. The Morgan fingerprint density at radius 2 is 2.04 bits per heavy atom. The van der Waals surface area contributed by atoms with Gasteiger partial charge in [-0.05, 0) is 56.6 Å². The van der Waals surface area contributed by atoms with Gasteiger partial charge in [-0.25, -0.2) is 14.4 Å². The summed E-state index contributed by atoms with van der Waals surface area (Å²) >= 11 is 0. The quantitative estimate of drug-likeness (QED) is 0.912.